The average Bonchev–Trinajstić information content (AvgIpc) is 3.10. The SMILES string of the molecule is C(CCCNC1CC1)CCCNC1CC1. The van der Waals surface area contributed by atoms with Gasteiger partial charge < -0.3 is 10.6 Å². The molecule has 0 heterocycles. The minimum Gasteiger partial charge on any atom is -0.314 e. The summed E-state index contributed by atoms with van der Waals surface area (Å²) in [7, 11) is 0. The maximum Gasteiger partial charge on any atom is 0.00682 e. The van der Waals surface area contributed by atoms with Crippen LogP contribution in [-0.2, 0) is 0 Å². The van der Waals surface area contributed by atoms with Crippen molar-refractivity contribution in [2.45, 2.75) is 69.9 Å². The van der Waals surface area contributed by atoms with Gasteiger partial charge in [0.25, 0.3) is 0 Å². The van der Waals surface area contributed by atoms with Gasteiger partial charge in [0.05, 0.1) is 0 Å². The number of hydrogen-bond acceptors (Lipinski definition) is 2. The number of rotatable bonds is 10. The molecule has 0 spiro atoms. The van der Waals surface area contributed by atoms with Gasteiger partial charge in [0, 0.05) is 12.1 Å². The van der Waals surface area contributed by atoms with Crippen molar-refractivity contribution < 1.29 is 0 Å². The molecule has 0 atom stereocenters. The molecule has 0 amide bonds. The highest BCUT2D eigenvalue weighted by molar-refractivity contribution is 4.81. The van der Waals surface area contributed by atoms with Crippen LogP contribution >= 0.6 is 0 Å². The first kappa shape index (κ1) is 11.4. The predicted octanol–water partition coefficient (Wildman–Crippen LogP) is 2.44. The highest BCUT2D eigenvalue weighted by Gasteiger charge is 2.19. The van der Waals surface area contributed by atoms with E-state index in [1.807, 2.05) is 0 Å². The second-order valence-corrected chi connectivity index (χ2v) is 5.22. The fraction of sp³-hybridized carbons (Fsp3) is 1.00. The number of hydrogen-bond donors (Lipinski definition) is 2. The first-order chi connectivity index (χ1) is 7.45. The summed E-state index contributed by atoms with van der Waals surface area (Å²) in [5.41, 5.74) is 0. The van der Waals surface area contributed by atoms with E-state index in [9.17, 15) is 0 Å². The van der Waals surface area contributed by atoms with Crippen LogP contribution in [-0.4, -0.2) is 25.2 Å². The number of unbranched alkanes of at least 4 members (excludes halogenated alkanes) is 4. The maximum absolute atomic E-state index is 3.57. The summed E-state index contributed by atoms with van der Waals surface area (Å²) in [6.45, 7) is 2.51. The molecule has 2 N–H and O–H groups in total. The maximum atomic E-state index is 3.57. The van der Waals surface area contributed by atoms with Gasteiger partial charge in [0.1, 0.15) is 0 Å². The Balaban J connectivity index is 1.23. The van der Waals surface area contributed by atoms with Crippen molar-refractivity contribution in [3.63, 3.8) is 0 Å². The predicted molar refractivity (Wildman–Crippen MR) is 65.1 cm³/mol. The molecule has 0 aromatic heterocycles. The van der Waals surface area contributed by atoms with Crippen LogP contribution < -0.4 is 10.6 Å². The van der Waals surface area contributed by atoms with Gasteiger partial charge in [-0.15, -0.1) is 0 Å². The molecule has 2 saturated carbocycles. The zero-order chi connectivity index (χ0) is 10.3. The van der Waals surface area contributed by atoms with E-state index in [1.54, 1.807) is 0 Å². The van der Waals surface area contributed by atoms with Crippen molar-refractivity contribution in [2.75, 3.05) is 13.1 Å². The second-order valence-electron chi connectivity index (χ2n) is 5.22. The van der Waals surface area contributed by atoms with Gasteiger partial charge >= 0.3 is 0 Å². The fourth-order valence-electron chi connectivity index (χ4n) is 1.97. The molecule has 2 heteroatoms. The van der Waals surface area contributed by atoms with E-state index in [4.69, 9.17) is 0 Å². The Labute approximate surface area is 94.2 Å². The molecule has 0 bridgehead atoms. The van der Waals surface area contributed by atoms with E-state index >= 15 is 0 Å². The molecule has 2 aliphatic carbocycles. The smallest absolute Gasteiger partial charge is 0.00682 e. The molecule has 2 nitrogen and oxygen atoms in total. The summed E-state index contributed by atoms with van der Waals surface area (Å²) >= 11 is 0. The summed E-state index contributed by atoms with van der Waals surface area (Å²) in [5.74, 6) is 0. The van der Waals surface area contributed by atoms with E-state index in [1.165, 1.54) is 70.9 Å². The molecule has 2 aliphatic rings. The summed E-state index contributed by atoms with van der Waals surface area (Å²) in [6.07, 6.45) is 12.7. The lowest BCUT2D eigenvalue weighted by Gasteiger charge is -2.04. The van der Waals surface area contributed by atoms with Gasteiger partial charge in [-0.05, 0) is 51.6 Å². The van der Waals surface area contributed by atoms with Crippen LogP contribution in [0.2, 0.25) is 0 Å². The van der Waals surface area contributed by atoms with E-state index in [-0.39, 0.29) is 0 Å². The van der Waals surface area contributed by atoms with Crippen LogP contribution in [0.5, 0.6) is 0 Å². The summed E-state index contributed by atoms with van der Waals surface area (Å²) in [6, 6.07) is 1.79. The van der Waals surface area contributed by atoms with Crippen molar-refractivity contribution in [2.24, 2.45) is 0 Å². The first-order valence-electron chi connectivity index (χ1n) is 6.92. The van der Waals surface area contributed by atoms with Crippen LogP contribution in [0.3, 0.4) is 0 Å². The van der Waals surface area contributed by atoms with Gasteiger partial charge in [0.2, 0.25) is 0 Å². The summed E-state index contributed by atoms with van der Waals surface area (Å²) < 4.78 is 0. The Bertz CT molecular complexity index is 144. The summed E-state index contributed by atoms with van der Waals surface area (Å²) in [4.78, 5) is 0. The van der Waals surface area contributed by atoms with Crippen molar-refractivity contribution in [3.8, 4) is 0 Å². The third-order valence-electron chi connectivity index (χ3n) is 3.37. The Morgan fingerprint density at radius 3 is 1.40 bits per heavy atom. The van der Waals surface area contributed by atoms with Gasteiger partial charge in [0.15, 0.2) is 0 Å². The Hall–Kier alpha value is -0.0800. The molecular formula is C13H26N2. The largest absolute Gasteiger partial charge is 0.314 e. The molecule has 0 aliphatic heterocycles. The van der Waals surface area contributed by atoms with E-state index in [2.05, 4.69) is 10.6 Å². The molecule has 88 valence electrons. The van der Waals surface area contributed by atoms with Gasteiger partial charge in [-0.2, -0.15) is 0 Å². The van der Waals surface area contributed by atoms with E-state index < -0.39 is 0 Å². The third kappa shape index (κ3) is 6.16. The molecule has 0 saturated heterocycles. The molecule has 0 radical (unpaired) electrons. The molecule has 0 aromatic rings. The standard InChI is InChI=1S/C13H26N2/c1(2-4-10-14-12-6-7-12)3-5-11-15-13-8-9-13/h12-15H,1-11H2. The zero-order valence-electron chi connectivity index (χ0n) is 9.93. The topological polar surface area (TPSA) is 24.1 Å². The van der Waals surface area contributed by atoms with Crippen molar-refractivity contribution in [3.05, 3.63) is 0 Å². The molecule has 0 aromatic carbocycles. The molecule has 2 rings (SSSR count). The Morgan fingerprint density at radius 1 is 0.600 bits per heavy atom. The lowest BCUT2D eigenvalue weighted by molar-refractivity contribution is 0.554. The third-order valence-corrected chi connectivity index (χ3v) is 3.37. The highest BCUT2D eigenvalue weighted by Crippen LogP contribution is 2.19. The number of nitrogens with one attached hydrogen (secondary N) is 2. The minimum absolute atomic E-state index is 0.896. The van der Waals surface area contributed by atoms with E-state index in [0.29, 0.717) is 0 Å². The monoisotopic (exact) mass is 210 g/mol. The average molecular weight is 210 g/mol. The quantitative estimate of drug-likeness (QED) is 0.541. The van der Waals surface area contributed by atoms with Gasteiger partial charge in [-0.1, -0.05) is 19.3 Å². The Kier molecular flexibility index (Phi) is 4.94. The lowest BCUT2D eigenvalue weighted by atomic mass is 10.1. The van der Waals surface area contributed by atoms with Crippen molar-refractivity contribution in [1.82, 2.24) is 10.6 Å². The van der Waals surface area contributed by atoms with Crippen LogP contribution in [0.4, 0.5) is 0 Å². The normalized spacial score (nSPS) is 20.8. The van der Waals surface area contributed by atoms with Crippen LogP contribution in [0.1, 0.15) is 57.8 Å². The minimum atomic E-state index is 0.896. The molecule has 2 fully saturated rings. The van der Waals surface area contributed by atoms with Crippen molar-refractivity contribution in [1.29, 1.82) is 0 Å². The van der Waals surface area contributed by atoms with Crippen LogP contribution in [0.25, 0.3) is 0 Å². The highest BCUT2D eigenvalue weighted by atomic mass is 14.9. The molecule has 15 heavy (non-hydrogen) atoms. The fourth-order valence-corrected chi connectivity index (χ4v) is 1.97. The lowest BCUT2D eigenvalue weighted by Crippen LogP contribution is -2.17. The zero-order valence-corrected chi connectivity index (χ0v) is 9.93. The van der Waals surface area contributed by atoms with E-state index in [0.717, 1.165) is 12.1 Å². The first-order valence-corrected chi connectivity index (χ1v) is 6.92. The van der Waals surface area contributed by atoms with Gasteiger partial charge in [-0.3, -0.25) is 0 Å². The Morgan fingerprint density at radius 2 is 1.00 bits per heavy atom. The second kappa shape index (κ2) is 6.49. The van der Waals surface area contributed by atoms with Crippen molar-refractivity contribution >= 4 is 0 Å². The summed E-state index contributed by atoms with van der Waals surface area (Å²) in [5, 5.41) is 7.14. The van der Waals surface area contributed by atoms with Crippen LogP contribution in [0, 0.1) is 0 Å². The van der Waals surface area contributed by atoms with Gasteiger partial charge in [-0.25, -0.2) is 0 Å². The van der Waals surface area contributed by atoms with Crippen LogP contribution in [0.15, 0.2) is 0 Å². The molecule has 0 unspecified atom stereocenters. The molecular weight excluding hydrogens is 184 g/mol.